The lowest BCUT2D eigenvalue weighted by molar-refractivity contribution is -0.177. The summed E-state index contributed by atoms with van der Waals surface area (Å²) in [6.45, 7) is 18.3. The van der Waals surface area contributed by atoms with E-state index in [-0.39, 0.29) is 11.9 Å². The molecule has 0 aliphatic heterocycles. The highest BCUT2D eigenvalue weighted by Gasteiger charge is 2.54. The van der Waals surface area contributed by atoms with Gasteiger partial charge in [-0.3, -0.25) is 9.59 Å². The van der Waals surface area contributed by atoms with E-state index in [0.29, 0.717) is 42.9 Å². The third-order valence-corrected chi connectivity index (χ3v) is 12.5. The van der Waals surface area contributed by atoms with Crippen molar-refractivity contribution in [3.8, 4) is 0 Å². The Morgan fingerprint density at radius 1 is 1.00 bits per heavy atom. The van der Waals surface area contributed by atoms with Crippen LogP contribution in [0.2, 0.25) is 24.2 Å². The van der Waals surface area contributed by atoms with Crippen LogP contribution < -0.4 is 0 Å². The quantitative estimate of drug-likeness (QED) is 0.333. The molecule has 0 saturated heterocycles. The molecule has 1 aliphatic rings. The maximum Gasteiger partial charge on any atom is 0.323 e. The summed E-state index contributed by atoms with van der Waals surface area (Å²) >= 11 is 0. The third-order valence-electron chi connectivity index (χ3n) is 6.88. The minimum Gasteiger partial charge on any atom is -0.465 e. The molecule has 1 aliphatic carbocycles. The van der Waals surface area contributed by atoms with Crippen molar-refractivity contribution in [3.63, 3.8) is 0 Å². The second kappa shape index (κ2) is 8.90. The Morgan fingerprint density at radius 3 is 1.88 bits per heavy atom. The summed E-state index contributed by atoms with van der Waals surface area (Å²) in [5.41, 5.74) is -1.10. The third kappa shape index (κ3) is 4.90. The second-order valence-electron chi connectivity index (χ2n) is 9.53. The lowest BCUT2D eigenvalue weighted by atomic mass is 9.64. The highest BCUT2D eigenvalue weighted by atomic mass is 28.3. The molecule has 0 amide bonds. The van der Waals surface area contributed by atoms with Crippen molar-refractivity contribution in [3.05, 3.63) is 0 Å². The molecule has 2 unspecified atom stereocenters. The topological polar surface area (TPSA) is 52.6 Å². The summed E-state index contributed by atoms with van der Waals surface area (Å²) in [4.78, 5) is 25.5. The number of hydrogen-bond donors (Lipinski definition) is 0. The number of carbonyl (C=O) groups is 2. The van der Waals surface area contributed by atoms with Crippen LogP contribution in [0.3, 0.4) is 0 Å². The van der Waals surface area contributed by atoms with Gasteiger partial charge in [0.05, 0.1) is 21.3 Å². The minimum atomic E-state index is -1.41. The van der Waals surface area contributed by atoms with E-state index in [2.05, 4.69) is 40.8 Å². The van der Waals surface area contributed by atoms with Gasteiger partial charge in [-0.05, 0) is 50.0 Å². The zero-order chi connectivity index (χ0) is 20.2. The average molecular weight is 385 g/mol. The van der Waals surface area contributed by atoms with Crippen LogP contribution in [0.5, 0.6) is 0 Å². The van der Waals surface area contributed by atoms with Gasteiger partial charge in [-0.15, -0.1) is 0 Å². The van der Waals surface area contributed by atoms with Gasteiger partial charge in [0.2, 0.25) is 0 Å². The number of rotatable bonds is 7. The van der Waals surface area contributed by atoms with E-state index in [0.717, 1.165) is 12.8 Å². The predicted molar refractivity (Wildman–Crippen MR) is 109 cm³/mol. The zero-order valence-corrected chi connectivity index (χ0v) is 19.2. The molecule has 26 heavy (non-hydrogen) atoms. The summed E-state index contributed by atoms with van der Waals surface area (Å²) in [7, 11) is -1.41. The van der Waals surface area contributed by atoms with Gasteiger partial charge in [0.1, 0.15) is 0 Å². The van der Waals surface area contributed by atoms with E-state index >= 15 is 0 Å². The van der Waals surface area contributed by atoms with Gasteiger partial charge in [0.25, 0.3) is 0 Å². The molecular formula is C21H40O4Si. The highest BCUT2D eigenvalue weighted by molar-refractivity contribution is 6.80. The molecule has 0 N–H and O–H groups in total. The Hall–Kier alpha value is -0.843. The first-order valence-electron chi connectivity index (χ1n) is 10.3. The Kier molecular flexibility index (Phi) is 7.94. The Balaban J connectivity index is 3.07. The standard InChI is InChI=1S/C21H40O4Si/c1-9-16-14-21(18(22)24-10-2,19(23)25-11-3)13-12-17(16)15-26(7,8)20(4,5)6/h16-17H,9-15H2,1-8H3. The molecule has 5 heteroatoms. The summed E-state index contributed by atoms with van der Waals surface area (Å²) in [6, 6.07) is 1.25. The smallest absolute Gasteiger partial charge is 0.323 e. The molecule has 0 aromatic carbocycles. The van der Waals surface area contributed by atoms with Crippen molar-refractivity contribution >= 4 is 20.0 Å². The van der Waals surface area contributed by atoms with Crippen molar-refractivity contribution in [2.24, 2.45) is 17.3 Å². The fourth-order valence-electron chi connectivity index (χ4n) is 4.08. The van der Waals surface area contributed by atoms with Gasteiger partial charge >= 0.3 is 11.9 Å². The van der Waals surface area contributed by atoms with Crippen molar-refractivity contribution in [1.82, 2.24) is 0 Å². The lowest BCUT2D eigenvalue weighted by Crippen LogP contribution is -2.49. The number of ether oxygens (including phenoxy) is 2. The molecule has 2 atom stereocenters. The molecule has 1 fully saturated rings. The molecule has 0 heterocycles. The molecule has 1 rings (SSSR count). The van der Waals surface area contributed by atoms with E-state index in [4.69, 9.17) is 9.47 Å². The van der Waals surface area contributed by atoms with Crippen LogP contribution >= 0.6 is 0 Å². The van der Waals surface area contributed by atoms with Gasteiger partial charge in [-0.25, -0.2) is 0 Å². The number of hydrogen-bond acceptors (Lipinski definition) is 4. The van der Waals surface area contributed by atoms with Crippen LogP contribution in [0.15, 0.2) is 0 Å². The highest BCUT2D eigenvalue weighted by Crippen LogP contribution is 2.50. The predicted octanol–water partition coefficient (Wildman–Crippen LogP) is 5.43. The summed E-state index contributed by atoms with van der Waals surface area (Å²) in [6.07, 6.45) is 3.02. The van der Waals surface area contributed by atoms with Crippen molar-refractivity contribution in [2.45, 2.75) is 91.4 Å². The molecule has 4 nitrogen and oxygen atoms in total. The molecule has 1 saturated carbocycles. The van der Waals surface area contributed by atoms with Gasteiger partial charge < -0.3 is 9.47 Å². The van der Waals surface area contributed by atoms with Crippen molar-refractivity contribution in [2.75, 3.05) is 13.2 Å². The molecule has 0 radical (unpaired) electrons. The molecule has 0 bridgehead atoms. The molecular weight excluding hydrogens is 344 g/mol. The Morgan fingerprint density at radius 2 is 1.50 bits per heavy atom. The Bertz CT molecular complexity index is 475. The van der Waals surface area contributed by atoms with E-state index in [1.807, 2.05) is 0 Å². The minimum absolute atomic E-state index is 0.296. The maximum absolute atomic E-state index is 12.7. The molecule has 152 valence electrons. The monoisotopic (exact) mass is 384 g/mol. The number of carbonyl (C=O) groups excluding carboxylic acids is 2. The summed E-state index contributed by atoms with van der Waals surface area (Å²) < 4.78 is 10.6. The van der Waals surface area contributed by atoms with Crippen molar-refractivity contribution in [1.29, 1.82) is 0 Å². The molecule has 0 aromatic rings. The fourth-order valence-corrected chi connectivity index (χ4v) is 6.55. The van der Waals surface area contributed by atoms with Crippen LogP contribution in [0.1, 0.15) is 67.2 Å². The number of esters is 2. The molecule has 0 aromatic heterocycles. The zero-order valence-electron chi connectivity index (χ0n) is 18.2. The van der Waals surface area contributed by atoms with Crippen LogP contribution in [0.25, 0.3) is 0 Å². The first kappa shape index (κ1) is 23.2. The lowest BCUT2D eigenvalue weighted by Gasteiger charge is -2.46. The average Bonchev–Trinajstić information content (AvgIpc) is 2.54. The van der Waals surface area contributed by atoms with Gasteiger partial charge in [0.15, 0.2) is 5.41 Å². The van der Waals surface area contributed by atoms with Crippen LogP contribution in [-0.4, -0.2) is 33.2 Å². The van der Waals surface area contributed by atoms with E-state index in [1.165, 1.54) is 6.04 Å². The van der Waals surface area contributed by atoms with E-state index < -0.39 is 13.5 Å². The van der Waals surface area contributed by atoms with Crippen molar-refractivity contribution < 1.29 is 19.1 Å². The fraction of sp³-hybridized carbons (Fsp3) is 0.905. The van der Waals surface area contributed by atoms with Crippen LogP contribution in [0, 0.1) is 17.3 Å². The summed E-state index contributed by atoms with van der Waals surface area (Å²) in [5, 5.41) is 0.349. The van der Waals surface area contributed by atoms with E-state index in [1.54, 1.807) is 13.8 Å². The SMILES string of the molecule is CCOC(=O)C1(C(=O)OCC)CCC(C[Si](C)(C)C(C)(C)C)C(CC)C1. The van der Waals surface area contributed by atoms with E-state index in [9.17, 15) is 9.59 Å². The maximum atomic E-state index is 12.7. The summed E-state index contributed by atoms with van der Waals surface area (Å²) in [5.74, 6) is 0.176. The first-order chi connectivity index (χ1) is 11.9. The van der Waals surface area contributed by atoms with Gasteiger partial charge in [-0.1, -0.05) is 53.3 Å². The van der Waals surface area contributed by atoms with Crippen LogP contribution in [-0.2, 0) is 19.1 Å². The first-order valence-corrected chi connectivity index (χ1v) is 13.5. The Labute approximate surface area is 161 Å². The normalized spacial score (nSPS) is 23.4. The van der Waals surface area contributed by atoms with Gasteiger partial charge in [0, 0.05) is 0 Å². The largest absolute Gasteiger partial charge is 0.465 e. The molecule has 0 spiro atoms. The van der Waals surface area contributed by atoms with Gasteiger partial charge in [-0.2, -0.15) is 0 Å². The van der Waals surface area contributed by atoms with Crippen LogP contribution in [0.4, 0.5) is 0 Å². The second-order valence-corrected chi connectivity index (χ2v) is 15.2.